The molecule has 9 rings (SSSR count). The fourth-order valence-corrected chi connectivity index (χ4v) is 6.84. The van der Waals surface area contributed by atoms with Crippen LogP contribution in [-0.4, -0.2) is 6.29 Å². The first-order valence-electron chi connectivity index (χ1n) is 16.0. The lowest BCUT2D eigenvalue weighted by molar-refractivity contribution is 0.112. The lowest BCUT2D eigenvalue weighted by Gasteiger charge is -2.13. The van der Waals surface area contributed by atoms with E-state index in [4.69, 9.17) is 11.5 Å². The molecule has 0 fully saturated rings. The van der Waals surface area contributed by atoms with Crippen molar-refractivity contribution in [1.29, 1.82) is 0 Å². The summed E-state index contributed by atoms with van der Waals surface area (Å²) in [6, 6.07) is 51.2. The minimum absolute atomic E-state index is 0.714. The van der Waals surface area contributed by atoms with Gasteiger partial charge in [0.25, 0.3) is 0 Å². The molecule has 0 saturated heterocycles. The molecular formula is C44H36N2O. The Balaban J connectivity index is 0.000000120. The van der Waals surface area contributed by atoms with Gasteiger partial charge in [-0.05, 0) is 97.7 Å². The van der Waals surface area contributed by atoms with Crippen molar-refractivity contribution >= 4 is 39.2 Å². The average Bonchev–Trinajstić information content (AvgIpc) is 3.76. The molecule has 0 spiro atoms. The number of carbonyl (C=O) groups is 1. The van der Waals surface area contributed by atoms with E-state index >= 15 is 0 Å². The van der Waals surface area contributed by atoms with E-state index in [1.165, 1.54) is 33.7 Å². The van der Waals surface area contributed by atoms with E-state index in [1.807, 2.05) is 78.9 Å². The van der Waals surface area contributed by atoms with Crippen LogP contribution in [0.15, 0.2) is 164 Å². The van der Waals surface area contributed by atoms with Crippen molar-refractivity contribution in [2.45, 2.75) is 18.3 Å². The van der Waals surface area contributed by atoms with Crippen LogP contribution in [0.2, 0.25) is 0 Å². The predicted octanol–water partition coefficient (Wildman–Crippen LogP) is 10.8. The van der Waals surface area contributed by atoms with Gasteiger partial charge in [-0.2, -0.15) is 0 Å². The second-order valence-corrected chi connectivity index (χ2v) is 12.2. The van der Waals surface area contributed by atoms with E-state index in [1.54, 1.807) is 17.2 Å². The number of anilines is 2. The maximum Gasteiger partial charge on any atom is 0.150 e. The van der Waals surface area contributed by atoms with Crippen LogP contribution in [0.25, 0.3) is 43.8 Å². The molecule has 0 saturated carbocycles. The average molecular weight is 609 g/mol. The normalized spacial score (nSPS) is 15.3. The number of fused-ring (bicyclic) bond motifs is 7. The molecule has 3 nitrogen and oxygen atoms in total. The van der Waals surface area contributed by atoms with E-state index in [-0.39, 0.29) is 0 Å². The summed E-state index contributed by atoms with van der Waals surface area (Å²) in [6.07, 6.45) is 6.91. The molecule has 2 atom stereocenters. The van der Waals surface area contributed by atoms with Crippen LogP contribution in [0.4, 0.5) is 11.4 Å². The highest BCUT2D eigenvalue weighted by Crippen LogP contribution is 2.48. The van der Waals surface area contributed by atoms with Gasteiger partial charge >= 0.3 is 0 Å². The van der Waals surface area contributed by atoms with Crippen molar-refractivity contribution in [3.63, 3.8) is 0 Å². The van der Waals surface area contributed by atoms with Crippen LogP contribution in [0.3, 0.4) is 0 Å². The van der Waals surface area contributed by atoms with Gasteiger partial charge in [-0.15, -0.1) is 0 Å². The van der Waals surface area contributed by atoms with Crippen molar-refractivity contribution in [2.24, 2.45) is 0 Å². The zero-order chi connectivity index (χ0) is 32.2. The Kier molecular flexibility index (Phi) is 8.36. The minimum atomic E-state index is 0.714. The molecule has 0 amide bonds. The van der Waals surface area contributed by atoms with Gasteiger partial charge in [-0.3, -0.25) is 4.79 Å². The number of nitrogens with two attached hydrogens (primary N) is 2. The minimum Gasteiger partial charge on any atom is -0.399 e. The molecule has 2 bridgehead atoms. The Bertz CT molecular complexity index is 2190. The van der Waals surface area contributed by atoms with Crippen molar-refractivity contribution in [3.05, 3.63) is 181 Å². The molecule has 2 aliphatic rings. The maximum absolute atomic E-state index is 10.6. The predicted molar refractivity (Wildman–Crippen MR) is 199 cm³/mol. The first-order valence-corrected chi connectivity index (χ1v) is 16.0. The van der Waals surface area contributed by atoms with E-state index in [0.29, 0.717) is 5.56 Å². The summed E-state index contributed by atoms with van der Waals surface area (Å²) in [5.74, 6) is 1.49. The molecule has 7 aromatic carbocycles. The fourth-order valence-electron chi connectivity index (χ4n) is 6.84. The number of carbonyl (C=O) groups excluding carboxylic acids is 1. The zero-order valence-electron chi connectivity index (χ0n) is 26.1. The molecule has 2 unspecified atom stereocenters. The number of benzene rings is 7. The molecule has 228 valence electrons. The summed E-state index contributed by atoms with van der Waals surface area (Å²) in [5.41, 5.74) is 22.0. The van der Waals surface area contributed by atoms with Gasteiger partial charge in [0.1, 0.15) is 6.29 Å². The van der Waals surface area contributed by atoms with Crippen LogP contribution in [-0.2, 0) is 0 Å². The number of nitrogen functional groups attached to an aromatic ring is 2. The molecule has 2 aliphatic carbocycles. The van der Waals surface area contributed by atoms with Crippen LogP contribution in [0.1, 0.15) is 39.7 Å². The van der Waals surface area contributed by atoms with Gasteiger partial charge in [0.15, 0.2) is 0 Å². The van der Waals surface area contributed by atoms with Crippen molar-refractivity contribution in [3.8, 4) is 22.3 Å². The number of aldehydes is 1. The summed E-state index contributed by atoms with van der Waals surface area (Å²) < 4.78 is 0. The lowest BCUT2D eigenvalue weighted by atomic mass is 9.91. The largest absolute Gasteiger partial charge is 0.399 e. The van der Waals surface area contributed by atoms with Gasteiger partial charge in [0.05, 0.1) is 0 Å². The van der Waals surface area contributed by atoms with E-state index in [2.05, 4.69) is 78.9 Å². The molecule has 3 heteroatoms. The number of allylic oxidation sites excluding steroid dienone is 2. The molecule has 4 N–H and O–H groups in total. The third-order valence-corrected chi connectivity index (χ3v) is 9.07. The van der Waals surface area contributed by atoms with Crippen LogP contribution < -0.4 is 11.5 Å². The highest BCUT2D eigenvalue weighted by molar-refractivity contribution is 6.13. The first kappa shape index (κ1) is 29.8. The smallest absolute Gasteiger partial charge is 0.150 e. The molecule has 47 heavy (non-hydrogen) atoms. The quantitative estimate of drug-likeness (QED) is 0.0907. The summed E-state index contributed by atoms with van der Waals surface area (Å²) in [6.45, 7) is 0. The highest BCUT2D eigenvalue weighted by Gasteiger charge is 2.31. The second kappa shape index (κ2) is 13.2. The molecule has 0 heterocycles. The summed E-state index contributed by atoms with van der Waals surface area (Å²) in [5, 5.41) is 4.68. The Morgan fingerprint density at radius 2 is 1.09 bits per heavy atom. The monoisotopic (exact) mass is 608 g/mol. The number of hydrogen-bond donors (Lipinski definition) is 2. The summed E-state index contributed by atoms with van der Waals surface area (Å²) >= 11 is 0. The Hall–Kier alpha value is -5.93. The van der Waals surface area contributed by atoms with E-state index < -0.39 is 0 Å². The Morgan fingerprint density at radius 1 is 0.489 bits per heavy atom. The van der Waals surface area contributed by atoms with Crippen molar-refractivity contribution in [1.82, 2.24) is 0 Å². The first-order chi connectivity index (χ1) is 23.1. The van der Waals surface area contributed by atoms with E-state index in [0.717, 1.165) is 46.0 Å². The third-order valence-electron chi connectivity index (χ3n) is 9.07. The molecule has 0 radical (unpaired) electrons. The van der Waals surface area contributed by atoms with Crippen LogP contribution in [0, 0.1) is 0 Å². The van der Waals surface area contributed by atoms with Crippen molar-refractivity contribution < 1.29 is 4.79 Å². The number of rotatable bonds is 3. The van der Waals surface area contributed by atoms with Gasteiger partial charge in [0, 0.05) is 28.8 Å². The summed E-state index contributed by atoms with van der Waals surface area (Å²) in [4.78, 5) is 10.6. The lowest BCUT2D eigenvalue weighted by Crippen LogP contribution is -1.90. The van der Waals surface area contributed by atoms with Gasteiger partial charge in [-0.25, -0.2) is 0 Å². The van der Waals surface area contributed by atoms with Crippen LogP contribution >= 0.6 is 0 Å². The van der Waals surface area contributed by atoms with E-state index in [9.17, 15) is 4.79 Å². The maximum atomic E-state index is 10.6. The van der Waals surface area contributed by atoms with Crippen molar-refractivity contribution in [2.75, 3.05) is 11.5 Å². The van der Waals surface area contributed by atoms with Gasteiger partial charge in [-0.1, -0.05) is 127 Å². The second-order valence-electron chi connectivity index (χ2n) is 12.2. The van der Waals surface area contributed by atoms with Gasteiger partial charge in [0.2, 0.25) is 0 Å². The molecule has 0 aliphatic heterocycles. The Labute approximate surface area is 275 Å². The molecular weight excluding hydrogens is 572 g/mol. The Morgan fingerprint density at radius 3 is 1.77 bits per heavy atom. The third kappa shape index (κ3) is 6.29. The molecule has 7 aromatic rings. The summed E-state index contributed by atoms with van der Waals surface area (Å²) in [7, 11) is 0. The number of hydrogen-bond acceptors (Lipinski definition) is 3. The standard InChI is InChI=1S/C20H16N2.C13H10O.C11H10/c21-16-8-9-18-15(11-16)10-14-6-7-17(22)12-19(14)20(18)13-4-2-1-3-5-13;14-10-11-5-4-8-13(9-11)12-6-2-1-3-7-12;1-2-4-11-9-6-5-8(7-9)10(11)3-1/h1-12H,21-22H2;1-10H;1-6,8-9H,7H2. The topological polar surface area (TPSA) is 69.1 Å². The fraction of sp³-hybridized carbons (Fsp3) is 0.0682. The zero-order valence-corrected chi connectivity index (χ0v) is 26.1. The molecule has 0 aromatic heterocycles. The SMILES string of the molecule is C1=CC2CC1c1ccccc12.Nc1ccc2c(-c3ccccc3)c3cc(N)ccc3cc2c1.O=Cc1cccc(-c2ccccc2)c1. The van der Waals surface area contributed by atoms with Crippen LogP contribution in [0.5, 0.6) is 0 Å². The highest BCUT2D eigenvalue weighted by atomic mass is 16.1. The van der Waals surface area contributed by atoms with Gasteiger partial charge < -0.3 is 11.5 Å².